The maximum atomic E-state index is 6.09. The van der Waals surface area contributed by atoms with Crippen molar-refractivity contribution in [2.75, 3.05) is 19.5 Å². The van der Waals surface area contributed by atoms with Crippen molar-refractivity contribution in [2.45, 2.75) is 23.8 Å². The quantitative estimate of drug-likeness (QED) is 0.331. The maximum Gasteiger partial charge on any atom is 0.0541 e. The average molecular weight is 275 g/mol. The maximum absolute atomic E-state index is 6.09. The molecule has 0 aliphatic rings. The summed E-state index contributed by atoms with van der Waals surface area (Å²) in [6.07, 6.45) is 2.01. The lowest BCUT2D eigenvalue weighted by atomic mass is 10.2. The van der Waals surface area contributed by atoms with E-state index in [1.807, 2.05) is 24.3 Å². The summed E-state index contributed by atoms with van der Waals surface area (Å²) >= 11 is 7.81. The van der Waals surface area contributed by atoms with E-state index in [9.17, 15) is 0 Å². The summed E-state index contributed by atoms with van der Waals surface area (Å²) in [5, 5.41) is 0.796. The van der Waals surface area contributed by atoms with E-state index in [0.29, 0.717) is 0 Å². The first-order valence-corrected chi connectivity index (χ1v) is 6.96. The van der Waals surface area contributed by atoms with Gasteiger partial charge in [-0.1, -0.05) is 23.7 Å². The highest BCUT2D eigenvalue weighted by atomic mass is 35.5. The molecule has 0 saturated carbocycles. The minimum Gasteiger partial charge on any atom is -0.385 e. The van der Waals surface area contributed by atoms with Crippen LogP contribution in [0.5, 0.6) is 0 Å². The molecule has 0 aromatic heterocycles. The smallest absolute Gasteiger partial charge is 0.0541 e. The molecule has 1 atom stereocenters. The molecule has 17 heavy (non-hydrogen) atoms. The van der Waals surface area contributed by atoms with Gasteiger partial charge in [-0.15, -0.1) is 11.8 Å². The van der Waals surface area contributed by atoms with Crippen molar-refractivity contribution in [3.63, 3.8) is 0 Å². The fraction of sp³-hybridized carbons (Fsp3) is 0.500. The molecule has 1 unspecified atom stereocenters. The largest absolute Gasteiger partial charge is 0.385 e. The molecule has 0 saturated heterocycles. The van der Waals surface area contributed by atoms with Crippen LogP contribution >= 0.6 is 23.4 Å². The molecule has 0 aliphatic carbocycles. The monoisotopic (exact) mass is 274 g/mol. The lowest BCUT2D eigenvalue weighted by Crippen LogP contribution is -2.37. The number of rotatable bonds is 8. The standard InChI is InChI=1S/C12H19ClN2OS/c1-16-8-4-5-10(15-14)9-17-12-7-3-2-6-11(12)13/h2-3,6-7,10,15H,4-5,8-9,14H2,1H3. The number of nitrogens with two attached hydrogens (primary N) is 1. The number of hydrogen-bond acceptors (Lipinski definition) is 4. The minimum atomic E-state index is 0.284. The SMILES string of the molecule is COCCCC(CSc1ccccc1Cl)NN. The van der Waals surface area contributed by atoms with Crippen LogP contribution in [0.15, 0.2) is 29.2 Å². The molecular weight excluding hydrogens is 256 g/mol. The summed E-state index contributed by atoms with van der Waals surface area (Å²) in [6.45, 7) is 0.773. The van der Waals surface area contributed by atoms with Gasteiger partial charge in [0.05, 0.1) is 5.02 Å². The summed E-state index contributed by atoms with van der Waals surface area (Å²) < 4.78 is 5.02. The lowest BCUT2D eigenvalue weighted by molar-refractivity contribution is 0.189. The molecule has 3 nitrogen and oxygen atoms in total. The Bertz CT molecular complexity index is 325. The molecule has 0 heterocycles. The van der Waals surface area contributed by atoms with Crippen molar-refractivity contribution >= 4 is 23.4 Å². The molecule has 0 fully saturated rings. The molecule has 0 spiro atoms. The number of benzene rings is 1. The van der Waals surface area contributed by atoms with Gasteiger partial charge in [0, 0.05) is 30.4 Å². The van der Waals surface area contributed by atoms with Gasteiger partial charge < -0.3 is 4.74 Å². The van der Waals surface area contributed by atoms with Crippen LogP contribution in [0.1, 0.15) is 12.8 Å². The zero-order valence-corrected chi connectivity index (χ0v) is 11.6. The summed E-state index contributed by atoms with van der Waals surface area (Å²) in [7, 11) is 1.71. The second kappa shape index (κ2) is 8.78. The van der Waals surface area contributed by atoms with Crippen LogP contribution in [-0.4, -0.2) is 25.5 Å². The number of nitrogens with one attached hydrogen (secondary N) is 1. The predicted molar refractivity (Wildman–Crippen MR) is 74.4 cm³/mol. The van der Waals surface area contributed by atoms with Crippen LogP contribution in [0.2, 0.25) is 5.02 Å². The zero-order chi connectivity index (χ0) is 12.5. The normalized spacial score (nSPS) is 12.6. The zero-order valence-electron chi connectivity index (χ0n) is 9.99. The number of hydrogen-bond donors (Lipinski definition) is 2. The third-order valence-electron chi connectivity index (χ3n) is 2.41. The molecule has 0 bridgehead atoms. The first-order chi connectivity index (χ1) is 8.27. The number of halogens is 1. The molecule has 1 rings (SSSR count). The Morgan fingerprint density at radius 3 is 2.88 bits per heavy atom. The van der Waals surface area contributed by atoms with Gasteiger partial charge in [0.25, 0.3) is 0 Å². The van der Waals surface area contributed by atoms with E-state index >= 15 is 0 Å². The van der Waals surface area contributed by atoms with E-state index in [1.165, 1.54) is 0 Å². The molecule has 1 aromatic rings. The number of methoxy groups -OCH3 is 1. The van der Waals surface area contributed by atoms with Gasteiger partial charge in [-0.05, 0) is 25.0 Å². The van der Waals surface area contributed by atoms with Gasteiger partial charge in [-0.2, -0.15) is 0 Å². The highest BCUT2D eigenvalue weighted by Crippen LogP contribution is 2.27. The topological polar surface area (TPSA) is 47.3 Å². The first kappa shape index (κ1) is 14.8. The van der Waals surface area contributed by atoms with Crippen molar-refractivity contribution in [3.8, 4) is 0 Å². The molecule has 0 radical (unpaired) electrons. The Balaban J connectivity index is 2.34. The molecule has 3 N–H and O–H groups in total. The van der Waals surface area contributed by atoms with Crippen LogP contribution < -0.4 is 11.3 Å². The highest BCUT2D eigenvalue weighted by molar-refractivity contribution is 7.99. The van der Waals surface area contributed by atoms with Gasteiger partial charge in [0.1, 0.15) is 0 Å². The molecule has 0 amide bonds. The summed E-state index contributed by atoms with van der Waals surface area (Å²) in [5.74, 6) is 6.43. The van der Waals surface area contributed by atoms with Gasteiger partial charge in [-0.3, -0.25) is 11.3 Å². The van der Waals surface area contributed by atoms with E-state index < -0.39 is 0 Å². The highest BCUT2D eigenvalue weighted by Gasteiger charge is 2.08. The van der Waals surface area contributed by atoms with E-state index in [-0.39, 0.29) is 6.04 Å². The Hall–Kier alpha value is -0.260. The van der Waals surface area contributed by atoms with Crippen LogP contribution in [0, 0.1) is 0 Å². The third kappa shape index (κ3) is 5.75. The van der Waals surface area contributed by atoms with Gasteiger partial charge in [0.15, 0.2) is 0 Å². The Labute approximate surface area is 112 Å². The molecule has 96 valence electrons. The van der Waals surface area contributed by atoms with Gasteiger partial charge in [0.2, 0.25) is 0 Å². The van der Waals surface area contributed by atoms with Gasteiger partial charge >= 0.3 is 0 Å². The molecule has 1 aromatic carbocycles. The third-order valence-corrected chi connectivity index (χ3v) is 4.09. The fourth-order valence-electron chi connectivity index (χ4n) is 1.44. The van der Waals surface area contributed by atoms with Crippen molar-refractivity contribution in [1.29, 1.82) is 0 Å². The van der Waals surface area contributed by atoms with E-state index in [0.717, 1.165) is 35.1 Å². The number of ether oxygens (including phenoxy) is 1. The predicted octanol–water partition coefficient (Wildman–Crippen LogP) is 2.69. The second-order valence-electron chi connectivity index (χ2n) is 3.74. The van der Waals surface area contributed by atoms with Crippen molar-refractivity contribution in [1.82, 2.24) is 5.43 Å². The van der Waals surface area contributed by atoms with Crippen molar-refractivity contribution in [2.24, 2.45) is 5.84 Å². The van der Waals surface area contributed by atoms with Gasteiger partial charge in [-0.25, -0.2) is 0 Å². The van der Waals surface area contributed by atoms with Crippen LogP contribution in [0.4, 0.5) is 0 Å². The number of hydrazine groups is 1. The van der Waals surface area contributed by atoms with Crippen LogP contribution in [0.3, 0.4) is 0 Å². The Morgan fingerprint density at radius 2 is 2.24 bits per heavy atom. The summed E-state index contributed by atoms with van der Waals surface area (Å²) in [5.41, 5.74) is 2.83. The summed E-state index contributed by atoms with van der Waals surface area (Å²) in [6, 6.07) is 8.13. The molecular formula is C12H19ClN2OS. The number of thioether (sulfide) groups is 1. The molecule has 0 aliphatic heterocycles. The van der Waals surface area contributed by atoms with Crippen LogP contribution in [-0.2, 0) is 4.74 Å². The van der Waals surface area contributed by atoms with Crippen molar-refractivity contribution < 1.29 is 4.74 Å². The van der Waals surface area contributed by atoms with E-state index in [1.54, 1.807) is 18.9 Å². The average Bonchev–Trinajstić information content (AvgIpc) is 2.35. The minimum absolute atomic E-state index is 0.284. The first-order valence-electron chi connectivity index (χ1n) is 5.60. The Morgan fingerprint density at radius 1 is 1.47 bits per heavy atom. The Kier molecular flexibility index (Phi) is 7.64. The fourth-order valence-corrected chi connectivity index (χ4v) is 2.76. The van der Waals surface area contributed by atoms with E-state index in [2.05, 4.69) is 5.43 Å². The second-order valence-corrected chi connectivity index (χ2v) is 5.21. The lowest BCUT2D eigenvalue weighted by Gasteiger charge is -2.15. The summed E-state index contributed by atoms with van der Waals surface area (Å²) in [4.78, 5) is 1.10. The van der Waals surface area contributed by atoms with Crippen molar-refractivity contribution in [3.05, 3.63) is 29.3 Å². The molecule has 5 heteroatoms. The van der Waals surface area contributed by atoms with E-state index in [4.69, 9.17) is 22.2 Å². The van der Waals surface area contributed by atoms with Crippen LogP contribution in [0.25, 0.3) is 0 Å².